The monoisotopic (exact) mass is 296 g/mol. The summed E-state index contributed by atoms with van der Waals surface area (Å²) in [5.74, 6) is -0.664. The molecule has 0 bridgehead atoms. The molecular formula is C14H17BrO2. The number of benzene rings is 1. The Morgan fingerprint density at radius 3 is 2.47 bits per heavy atom. The van der Waals surface area contributed by atoms with Crippen molar-refractivity contribution in [2.75, 3.05) is 0 Å². The minimum Gasteiger partial charge on any atom is -0.481 e. The van der Waals surface area contributed by atoms with E-state index in [4.69, 9.17) is 0 Å². The summed E-state index contributed by atoms with van der Waals surface area (Å²) >= 11 is 3.43. The number of aliphatic carboxylic acids is 1. The molecule has 0 heterocycles. The lowest BCUT2D eigenvalue weighted by atomic mass is 9.68. The summed E-state index contributed by atoms with van der Waals surface area (Å²) in [4.78, 5) is 11.7. The molecule has 1 aromatic rings. The number of carboxylic acid groups (broad SMARTS) is 1. The first kappa shape index (κ1) is 12.6. The van der Waals surface area contributed by atoms with Gasteiger partial charge in [-0.1, -0.05) is 41.3 Å². The van der Waals surface area contributed by atoms with Gasteiger partial charge in [-0.2, -0.15) is 0 Å². The Morgan fingerprint density at radius 2 is 1.94 bits per heavy atom. The van der Waals surface area contributed by atoms with E-state index in [0.717, 1.165) is 47.7 Å². The van der Waals surface area contributed by atoms with E-state index in [1.807, 2.05) is 25.1 Å². The molecule has 0 aromatic heterocycles. The first-order chi connectivity index (χ1) is 8.06. The standard InChI is InChI=1S/C14H17BrO2/c1-10-9-11(15)5-6-12(10)14(13(16)17)7-3-2-4-8-14/h5-6,9H,2-4,7-8H2,1H3,(H,16,17). The van der Waals surface area contributed by atoms with Crippen LogP contribution >= 0.6 is 15.9 Å². The minimum atomic E-state index is -0.664. The Kier molecular flexibility index (Phi) is 3.57. The van der Waals surface area contributed by atoms with Gasteiger partial charge in [-0.05, 0) is 43.0 Å². The summed E-state index contributed by atoms with van der Waals surface area (Å²) in [6.45, 7) is 2.00. The van der Waals surface area contributed by atoms with Gasteiger partial charge in [0.05, 0.1) is 5.41 Å². The van der Waals surface area contributed by atoms with Crippen molar-refractivity contribution in [1.29, 1.82) is 0 Å². The third kappa shape index (κ3) is 2.25. The average Bonchev–Trinajstić information content (AvgIpc) is 2.29. The van der Waals surface area contributed by atoms with E-state index in [1.54, 1.807) is 0 Å². The highest BCUT2D eigenvalue weighted by Crippen LogP contribution is 2.41. The van der Waals surface area contributed by atoms with Gasteiger partial charge in [0, 0.05) is 4.47 Å². The Labute approximate surface area is 110 Å². The summed E-state index contributed by atoms with van der Waals surface area (Å²) in [5, 5.41) is 9.62. The fourth-order valence-electron chi connectivity index (χ4n) is 2.92. The first-order valence-electron chi connectivity index (χ1n) is 6.06. The topological polar surface area (TPSA) is 37.3 Å². The van der Waals surface area contributed by atoms with Gasteiger partial charge in [0.15, 0.2) is 0 Å². The van der Waals surface area contributed by atoms with Crippen LogP contribution in [-0.2, 0) is 10.2 Å². The summed E-state index contributed by atoms with van der Waals surface area (Å²) in [5.41, 5.74) is 1.42. The molecule has 2 nitrogen and oxygen atoms in total. The van der Waals surface area contributed by atoms with Crippen molar-refractivity contribution in [1.82, 2.24) is 0 Å². The lowest BCUT2D eigenvalue weighted by Gasteiger charge is -2.34. The second-order valence-electron chi connectivity index (χ2n) is 4.91. The Bertz CT molecular complexity index is 434. The van der Waals surface area contributed by atoms with E-state index >= 15 is 0 Å². The highest BCUT2D eigenvalue weighted by atomic mass is 79.9. The number of rotatable bonds is 2. The molecule has 2 rings (SSSR count). The predicted octanol–water partition coefficient (Wildman–Crippen LogP) is 4.04. The van der Waals surface area contributed by atoms with Crippen molar-refractivity contribution >= 4 is 21.9 Å². The molecule has 0 saturated heterocycles. The Morgan fingerprint density at radius 1 is 1.29 bits per heavy atom. The number of halogens is 1. The smallest absolute Gasteiger partial charge is 0.314 e. The van der Waals surface area contributed by atoms with E-state index < -0.39 is 11.4 Å². The predicted molar refractivity (Wildman–Crippen MR) is 71.3 cm³/mol. The SMILES string of the molecule is Cc1cc(Br)ccc1C1(C(=O)O)CCCCC1. The van der Waals surface area contributed by atoms with E-state index in [1.165, 1.54) is 0 Å². The van der Waals surface area contributed by atoms with Crippen LogP contribution in [0.5, 0.6) is 0 Å². The van der Waals surface area contributed by atoms with E-state index in [0.29, 0.717) is 0 Å². The molecule has 1 aliphatic rings. The van der Waals surface area contributed by atoms with Gasteiger partial charge >= 0.3 is 5.97 Å². The molecule has 1 saturated carbocycles. The van der Waals surface area contributed by atoms with E-state index in [-0.39, 0.29) is 0 Å². The summed E-state index contributed by atoms with van der Waals surface area (Å²) in [6, 6.07) is 5.93. The summed E-state index contributed by atoms with van der Waals surface area (Å²) in [7, 11) is 0. The Balaban J connectivity index is 2.49. The van der Waals surface area contributed by atoms with Crippen molar-refractivity contribution in [3.8, 4) is 0 Å². The molecule has 1 aliphatic carbocycles. The number of carbonyl (C=O) groups is 1. The van der Waals surface area contributed by atoms with Crippen LogP contribution in [0.15, 0.2) is 22.7 Å². The molecule has 0 atom stereocenters. The Hall–Kier alpha value is -0.830. The molecule has 1 fully saturated rings. The van der Waals surface area contributed by atoms with Gasteiger partial charge in [0.2, 0.25) is 0 Å². The van der Waals surface area contributed by atoms with Crippen LogP contribution in [0.4, 0.5) is 0 Å². The van der Waals surface area contributed by atoms with Crippen LogP contribution in [0.2, 0.25) is 0 Å². The largest absolute Gasteiger partial charge is 0.481 e. The number of carboxylic acids is 1. The van der Waals surface area contributed by atoms with Gasteiger partial charge in [0.1, 0.15) is 0 Å². The van der Waals surface area contributed by atoms with E-state index in [2.05, 4.69) is 15.9 Å². The van der Waals surface area contributed by atoms with Gasteiger partial charge in [0.25, 0.3) is 0 Å². The number of aryl methyl sites for hydroxylation is 1. The fourth-order valence-corrected chi connectivity index (χ4v) is 3.39. The lowest BCUT2D eigenvalue weighted by molar-refractivity contribution is -0.145. The van der Waals surface area contributed by atoms with Crippen molar-refractivity contribution in [3.63, 3.8) is 0 Å². The molecule has 0 amide bonds. The molecule has 0 aliphatic heterocycles. The molecule has 3 heteroatoms. The van der Waals surface area contributed by atoms with Gasteiger partial charge in [-0.15, -0.1) is 0 Å². The van der Waals surface area contributed by atoms with Crippen molar-refractivity contribution < 1.29 is 9.90 Å². The minimum absolute atomic E-state index is 0.650. The van der Waals surface area contributed by atoms with Crippen LogP contribution < -0.4 is 0 Å². The van der Waals surface area contributed by atoms with Gasteiger partial charge < -0.3 is 5.11 Å². The van der Waals surface area contributed by atoms with Crippen LogP contribution in [0, 0.1) is 6.92 Å². The second-order valence-corrected chi connectivity index (χ2v) is 5.82. The zero-order valence-electron chi connectivity index (χ0n) is 10.0. The van der Waals surface area contributed by atoms with Crippen molar-refractivity contribution in [3.05, 3.63) is 33.8 Å². The average molecular weight is 297 g/mol. The lowest BCUT2D eigenvalue weighted by Crippen LogP contribution is -2.38. The second kappa shape index (κ2) is 4.81. The van der Waals surface area contributed by atoms with Crippen molar-refractivity contribution in [2.24, 2.45) is 0 Å². The molecular weight excluding hydrogens is 280 g/mol. The number of hydrogen-bond acceptors (Lipinski definition) is 1. The maximum absolute atomic E-state index is 11.7. The molecule has 0 spiro atoms. The number of hydrogen-bond donors (Lipinski definition) is 1. The molecule has 1 aromatic carbocycles. The highest BCUT2D eigenvalue weighted by Gasteiger charge is 2.42. The van der Waals surface area contributed by atoms with Crippen molar-refractivity contribution in [2.45, 2.75) is 44.4 Å². The van der Waals surface area contributed by atoms with Crippen LogP contribution in [0.3, 0.4) is 0 Å². The molecule has 0 radical (unpaired) electrons. The van der Waals surface area contributed by atoms with Gasteiger partial charge in [-0.3, -0.25) is 4.79 Å². The van der Waals surface area contributed by atoms with E-state index in [9.17, 15) is 9.90 Å². The first-order valence-corrected chi connectivity index (χ1v) is 6.85. The third-order valence-electron chi connectivity index (χ3n) is 3.82. The molecule has 92 valence electrons. The highest BCUT2D eigenvalue weighted by molar-refractivity contribution is 9.10. The van der Waals surface area contributed by atoms with Crippen LogP contribution in [-0.4, -0.2) is 11.1 Å². The maximum Gasteiger partial charge on any atom is 0.314 e. The summed E-state index contributed by atoms with van der Waals surface area (Å²) < 4.78 is 1.01. The fraction of sp³-hybridized carbons (Fsp3) is 0.500. The quantitative estimate of drug-likeness (QED) is 0.894. The van der Waals surface area contributed by atoms with Crippen LogP contribution in [0.1, 0.15) is 43.2 Å². The third-order valence-corrected chi connectivity index (χ3v) is 4.31. The molecule has 1 N–H and O–H groups in total. The zero-order chi connectivity index (χ0) is 12.5. The summed E-state index contributed by atoms with van der Waals surface area (Å²) in [6.07, 6.45) is 4.73. The molecule has 17 heavy (non-hydrogen) atoms. The zero-order valence-corrected chi connectivity index (χ0v) is 11.6. The van der Waals surface area contributed by atoms with Crippen LogP contribution in [0.25, 0.3) is 0 Å². The van der Waals surface area contributed by atoms with Gasteiger partial charge in [-0.25, -0.2) is 0 Å². The molecule has 0 unspecified atom stereocenters. The normalized spacial score (nSPS) is 18.9. The maximum atomic E-state index is 11.7.